The zero-order valence-corrected chi connectivity index (χ0v) is 8.04. The summed E-state index contributed by atoms with van der Waals surface area (Å²) in [6, 6.07) is 9.50. The summed E-state index contributed by atoms with van der Waals surface area (Å²) in [5, 5.41) is 13.1. The molecule has 0 N–H and O–H groups in total. The molecule has 0 spiro atoms. The van der Waals surface area contributed by atoms with Crippen LogP contribution in [0.4, 0.5) is 5.69 Å². The van der Waals surface area contributed by atoms with Crippen LogP contribution in [0.3, 0.4) is 0 Å². The molecule has 0 fully saturated rings. The molecular formula is C12H9N3. The smallest absolute Gasteiger partial charge is 0.365 e. The molecule has 0 heterocycles. The fourth-order valence-corrected chi connectivity index (χ4v) is 1.13. The lowest BCUT2D eigenvalue weighted by Crippen LogP contribution is -1.98. The van der Waals surface area contributed by atoms with Gasteiger partial charge in [0.1, 0.15) is 10.8 Å². The van der Waals surface area contributed by atoms with Gasteiger partial charge >= 0.3 is 5.71 Å². The molecule has 3 heteroatoms. The highest BCUT2D eigenvalue weighted by Crippen LogP contribution is 2.07. The quantitative estimate of drug-likeness (QED) is 0.375. The topological polar surface area (TPSA) is 48.8 Å². The van der Waals surface area contributed by atoms with E-state index in [4.69, 9.17) is 5.41 Å². The average molecular weight is 195 g/mol. The third-order valence-corrected chi connectivity index (χ3v) is 1.89. The zero-order valence-electron chi connectivity index (χ0n) is 8.04. The molecule has 0 atom stereocenters. The van der Waals surface area contributed by atoms with Crippen LogP contribution in [-0.2, 0) is 0 Å². The van der Waals surface area contributed by atoms with Crippen molar-refractivity contribution in [2.45, 2.75) is 0 Å². The predicted molar refractivity (Wildman–Crippen MR) is 60.4 cm³/mol. The van der Waals surface area contributed by atoms with Gasteiger partial charge in [-0.05, 0) is 12.1 Å². The minimum absolute atomic E-state index is 0.230. The van der Waals surface area contributed by atoms with Gasteiger partial charge in [0.2, 0.25) is 0 Å². The van der Waals surface area contributed by atoms with Gasteiger partial charge in [0.25, 0.3) is 0 Å². The van der Waals surface area contributed by atoms with Gasteiger partial charge in [-0.3, -0.25) is 0 Å². The SMILES string of the molecule is [N-]=C1C=CC(=[N+]=Nc2ccccc2)C=C1. The Kier molecular flexibility index (Phi) is 2.68. The summed E-state index contributed by atoms with van der Waals surface area (Å²) in [5.74, 6) is 0. The summed E-state index contributed by atoms with van der Waals surface area (Å²) >= 11 is 0. The number of rotatable bonds is 1. The predicted octanol–water partition coefficient (Wildman–Crippen LogP) is 2.56. The van der Waals surface area contributed by atoms with E-state index in [1.165, 1.54) is 0 Å². The second kappa shape index (κ2) is 4.31. The Bertz CT molecular complexity index is 471. The van der Waals surface area contributed by atoms with Gasteiger partial charge in [-0.25, -0.2) is 0 Å². The maximum absolute atomic E-state index is 9.07. The van der Waals surface area contributed by atoms with Crippen LogP contribution in [0.1, 0.15) is 0 Å². The molecule has 0 bridgehead atoms. The normalized spacial score (nSPS) is 13.9. The van der Waals surface area contributed by atoms with E-state index in [0.29, 0.717) is 0 Å². The summed E-state index contributed by atoms with van der Waals surface area (Å²) in [5.41, 5.74) is 1.76. The largest absolute Gasteiger partial charge is 0.804 e. The third kappa shape index (κ3) is 2.59. The Hall–Kier alpha value is -2.25. The minimum atomic E-state index is 0.230. The van der Waals surface area contributed by atoms with Crippen molar-refractivity contribution < 1.29 is 4.79 Å². The molecule has 1 aromatic rings. The molecule has 2 rings (SSSR count). The second-order valence-corrected chi connectivity index (χ2v) is 3.05. The summed E-state index contributed by atoms with van der Waals surface area (Å²) in [7, 11) is 0. The fraction of sp³-hybridized carbons (Fsp3) is 0. The summed E-state index contributed by atoms with van der Waals surface area (Å²) < 4.78 is 0. The van der Waals surface area contributed by atoms with Crippen LogP contribution in [0.25, 0.3) is 5.41 Å². The molecule has 1 aliphatic rings. The summed E-state index contributed by atoms with van der Waals surface area (Å²) in [4.78, 5) is 4.03. The van der Waals surface area contributed by atoms with Gasteiger partial charge in [0.15, 0.2) is 0 Å². The number of benzene rings is 1. The van der Waals surface area contributed by atoms with Gasteiger partial charge in [0.05, 0.1) is 4.79 Å². The van der Waals surface area contributed by atoms with E-state index in [1.54, 1.807) is 24.3 Å². The van der Waals surface area contributed by atoms with Crippen LogP contribution >= 0.6 is 0 Å². The highest BCUT2D eigenvalue weighted by molar-refractivity contribution is 6.17. The number of hydrogen-bond acceptors (Lipinski definition) is 1. The summed E-state index contributed by atoms with van der Waals surface area (Å²) in [6.45, 7) is 0. The van der Waals surface area contributed by atoms with Gasteiger partial charge in [-0.2, -0.15) is 5.71 Å². The highest BCUT2D eigenvalue weighted by Gasteiger charge is 2.03. The lowest BCUT2D eigenvalue weighted by Gasteiger charge is -1.98. The monoisotopic (exact) mass is 195 g/mol. The lowest BCUT2D eigenvalue weighted by atomic mass is 10.1. The molecule has 0 saturated heterocycles. The summed E-state index contributed by atoms with van der Waals surface area (Å²) in [6.07, 6.45) is 6.59. The van der Waals surface area contributed by atoms with Gasteiger partial charge < -0.3 is 5.41 Å². The second-order valence-electron chi connectivity index (χ2n) is 3.05. The highest BCUT2D eigenvalue weighted by atomic mass is 15.0. The molecular weight excluding hydrogens is 186 g/mol. The van der Waals surface area contributed by atoms with E-state index in [-0.39, 0.29) is 5.71 Å². The van der Waals surface area contributed by atoms with Gasteiger partial charge in [-0.15, -0.1) is 0 Å². The van der Waals surface area contributed by atoms with Gasteiger partial charge in [0, 0.05) is 12.2 Å². The number of nitrogens with zero attached hydrogens (tertiary/aromatic N) is 3. The van der Waals surface area contributed by atoms with Crippen molar-refractivity contribution >= 4 is 17.1 Å². The van der Waals surface area contributed by atoms with Crippen molar-refractivity contribution in [2.24, 2.45) is 5.11 Å². The maximum Gasteiger partial charge on any atom is 0.365 e. The van der Waals surface area contributed by atoms with E-state index in [9.17, 15) is 0 Å². The first kappa shape index (κ1) is 9.31. The molecule has 1 aliphatic carbocycles. The van der Waals surface area contributed by atoms with E-state index in [1.807, 2.05) is 30.3 Å². The molecule has 72 valence electrons. The van der Waals surface area contributed by atoms with E-state index < -0.39 is 0 Å². The Morgan fingerprint density at radius 1 is 0.933 bits per heavy atom. The van der Waals surface area contributed by atoms with Crippen LogP contribution in [0.15, 0.2) is 59.8 Å². The van der Waals surface area contributed by atoms with E-state index in [0.717, 1.165) is 11.4 Å². The Labute approximate surface area is 87.7 Å². The molecule has 0 radical (unpaired) electrons. The molecule has 3 nitrogen and oxygen atoms in total. The fourth-order valence-electron chi connectivity index (χ4n) is 1.13. The average Bonchev–Trinajstić information content (AvgIpc) is 2.30. The van der Waals surface area contributed by atoms with Crippen molar-refractivity contribution in [3.05, 3.63) is 60.0 Å². The van der Waals surface area contributed by atoms with E-state index >= 15 is 0 Å². The number of hydrogen-bond donors (Lipinski definition) is 0. The molecule has 0 saturated carbocycles. The van der Waals surface area contributed by atoms with Crippen LogP contribution < -0.4 is 0 Å². The first-order valence-corrected chi connectivity index (χ1v) is 4.60. The van der Waals surface area contributed by atoms with Crippen molar-refractivity contribution in [1.29, 1.82) is 0 Å². The van der Waals surface area contributed by atoms with Crippen molar-refractivity contribution in [2.75, 3.05) is 0 Å². The Morgan fingerprint density at radius 2 is 1.60 bits per heavy atom. The molecule has 0 aliphatic heterocycles. The maximum atomic E-state index is 9.07. The van der Waals surface area contributed by atoms with Crippen molar-refractivity contribution in [3.63, 3.8) is 0 Å². The lowest BCUT2D eigenvalue weighted by molar-refractivity contribution is -0.0743. The number of allylic oxidation sites excluding steroid dienone is 4. The first-order chi connectivity index (χ1) is 7.34. The molecule has 1 aromatic carbocycles. The van der Waals surface area contributed by atoms with Gasteiger partial charge in [-0.1, -0.05) is 30.4 Å². The Morgan fingerprint density at radius 3 is 2.27 bits per heavy atom. The van der Waals surface area contributed by atoms with E-state index in [2.05, 4.69) is 9.90 Å². The van der Waals surface area contributed by atoms with Crippen molar-refractivity contribution in [1.82, 2.24) is 0 Å². The third-order valence-electron chi connectivity index (χ3n) is 1.89. The Balaban J connectivity index is 2.25. The van der Waals surface area contributed by atoms with Crippen LogP contribution in [-0.4, -0.2) is 16.2 Å². The standard InChI is InChI=1S/C12H9N3/c13-10-6-8-12(9-7-10)15-14-11-4-2-1-3-5-11/h1-9H. The van der Waals surface area contributed by atoms with Crippen LogP contribution in [0.2, 0.25) is 0 Å². The minimum Gasteiger partial charge on any atom is -0.804 e. The molecule has 0 aromatic heterocycles. The molecule has 0 amide bonds. The zero-order chi connectivity index (χ0) is 10.5. The molecule has 0 unspecified atom stereocenters. The first-order valence-electron chi connectivity index (χ1n) is 4.60. The molecule has 15 heavy (non-hydrogen) atoms. The van der Waals surface area contributed by atoms with Crippen LogP contribution in [0, 0.1) is 0 Å². The van der Waals surface area contributed by atoms with Crippen LogP contribution in [0.5, 0.6) is 0 Å². The van der Waals surface area contributed by atoms with Crippen molar-refractivity contribution in [3.8, 4) is 0 Å².